The molecule has 7 heteroatoms. The molecule has 0 spiro atoms. The largest absolute Gasteiger partial charge is 0.493 e. The number of piperidine rings is 1. The highest BCUT2D eigenvalue weighted by Crippen LogP contribution is 2.32. The molecule has 1 unspecified atom stereocenters. The number of benzene rings is 2. The molecule has 1 fully saturated rings. The fraction of sp³-hybridized carbons (Fsp3) is 0.346. The van der Waals surface area contributed by atoms with E-state index < -0.39 is 12.0 Å². The second-order valence-electron chi connectivity index (χ2n) is 8.24. The third-order valence-electron chi connectivity index (χ3n) is 6.20. The number of para-hydroxylation sites is 3. The number of methoxy groups -OCH3 is 1. The van der Waals surface area contributed by atoms with Gasteiger partial charge >= 0.3 is 0 Å². The summed E-state index contributed by atoms with van der Waals surface area (Å²) in [5.41, 5.74) is 7.70. The number of fused-ring (bicyclic) bond motifs is 1. The fourth-order valence-corrected chi connectivity index (χ4v) is 4.39. The summed E-state index contributed by atoms with van der Waals surface area (Å²) in [6.45, 7) is 3.08. The van der Waals surface area contributed by atoms with Gasteiger partial charge < -0.3 is 20.1 Å². The minimum atomic E-state index is -0.585. The number of primary amides is 1. The normalized spacial score (nSPS) is 15.3. The van der Waals surface area contributed by atoms with Crippen LogP contribution in [-0.4, -0.2) is 48.0 Å². The summed E-state index contributed by atoms with van der Waals surface area (Å²) < 4.78 is 11.4. The molecule has 2 heterocycles. The number of nitrogens with zero attached hydrogens (tertiary/aromatic N) is 2. The topological polar surface area (TPSA) is 94.8 Å². The number of aromatic nitrogens is 1. The van der Waals surface area contributed by atoms with Gasteiger partial charge in [-0.1, -0.05) is 37.3 Å². The Bertz CT molecular complexity index is 1160. The van der Waals surface area contributed by atoms with Gasteiger partial charge in [0.15, 0.2) is 17.6 Å². The van der Waals surface area contributed by atoms with Crippen molar-refractivity contribution in [1.29, 1.82) is 0 Å². The molecule has 7 nitrogen and oxygen atoms in total. The van der Waals surface area contributed by atoms with Gasteiger partial charge in [0.2, 0.25) is 0 Å². The molecule has 2 aromatic carbocycles. The second-order valence-corrected chi connectivity index (χ2v) is 8.24. The first-order chi connectivity index (χ1) is 16.0. The summed E-state index contributed by atoms with van der Waals surface area (Å²) in [5.74, 6) is 0.711. The first-order valence-electron chi connectivity index (χ1n) is 11.3. The Kier molecular flexibility index (Phi) is 6.77. The van der Waals surface area contributed by atoms with Crippen molar-refractivity contribution in [2.75, 3.05) is 20.2 Å². The van der Waals surface area contributed by atoms with Crippen molar-refractivity contribution in [2.45, 2.75) is 38.2 Å². The molecule has 0 radical (unpaired) electrons. The van der Waals surface area contributed by atoms with Crippen LogP contribution in [0.3, 0.4) is 0 Å². The predicted molar refractivity (Wildman–Crippen MR) is 127 cm³/mol. The van der Waals surface area contributed by atoms with Gasteiger partial charge in [-0.05, 0) is 43.5 Å². The van der Waals surface area contributed by atoms with Gasteiger partial charge in [0, 0.05) is 24.4 Å². The van der Waals surface area contributed by atoms with E-state index in [4.69, 9.17) is 20.2 Å². The number of hydrogen-bond acceptors (Lipinski definition) is 5. The van der Waals surface area contributed by atoms with Crippen LogP contribution in [0.1, 0.15) is 48.2 Å². The van der Waals surface area contributed by atoms with E-state index in [9.17, 15) is 9.59 Å². The average Bonchev–Trinajstić information content (AvgIpc) is 2.86. The lowest BCUT2D eigenvalue weighted by atomic mass is 9.89. The highest BCUT2D eigenvalue weighted by molar-refractivity contribution is 5.97. The van der Waals surface area contributed by atoms with Crippen LogP contribution in [0.25, 0.3) is 10.9 Å². The highest BCUT2D eigenvalue weighted by atomic mass is 16.5. The van der Waals surface area contributed by atoms with Gasteiger partial charge in [-0.3, -0.25) is 14.6 Å². The molecule has 1 atom stereocenters. The Labute approximate surface area is 193 Å². The van der Waals surface area contributed by atoms with Crippen LogP contribution in [0, 0.1) is 0 Å². The number of carbonyl (C=O) groups is 2. The molecule has 1 aromatic heterocycles. The third kappa shape index (κ3) is 4.77. The van der Waals surface area contributed by atoms with Crippen LogP contribution in [-0.2, 0) is 4.79 Å². The van der Waals surface area contributed by atoms with Crippen molar-refractivity contribution in [3.05, 3.63) is 65.9 Å². The zero-order valence-corrected chi connectivity index (χ0v) is 19.0. The molecule has 172 valence electrons. The molecule has 0 saturated carbocycles. The molecular weight excluding hydrogens is 418 g/mol. The van der Waals surface area contributed by atoms with Crippen LogP contribution in [0.4, 0.5) is 0 Å². The van der Waals surface area contributed by atoms with Gasteiger partial charge in [-0.2, -0.15) is 0 Å². The zero-order valence-electron chi connectivity index (χ0n) is 19.0. The summed E-state index contributed by atoms with van der Waals surface area (Å²) in [7, 11) is 1.58. The number of carbonyl (C=O) groups excluding carboxylic acids is 2. The number of ether oxygens (including phenoxy) is 2. The summed E-state index contributed by atoms with van der Waals surface area (Å²) in [4.78, 5) is 31.9. The minimum absolute atomic E-state index is 0.0385. The molecule has 4 rings (SSSR count). The molecule has 3 aromatic rings. The molecule has 0 aliphatic carbocycles. The molecule has 33 heavy (non-hydrogen) atoms. The van der Waals surface area contributed by atoms with Crippen molar-refractivity contribution in [2.24, 2.45) is 5.73 Å². The van der Waals surface area contributed by atoms with Crippen molar-refractivity contribution in [3.63, 3.8) is 0 Å². The van der Waals surface area contributed by atoms with Crippen LogP contribution in [0.5, 0.6) is 11.5 Å². The van der Waals surface area contributed by atoms with Crippen molar-refractivity contribution >= 4 is 22.7 Å². The van der Waals surface area contributed by atoms with Crippen LogP contribution in [0.15, 0.2) is 54.6 Å². The lowest BCUT2D eigenvalue weighted by Crippen LogP contribution is -2.45. The summed E-state index contributed by atoms with van der Waals surface area (Å²) in [6, 6.07) is 16.9. The Morgan fingerprint density at radius 3 is 2.42 bits per heavy atom. The number of hydrogen-bond donors (Lipinski definition) is 1. The van der Waals surface area contributed by atoms with Gasteiger partial charge in [0.1, 0.15) is 0 Å². The first kappa shape index (κ1) is 22.6. The third-order valence-corrected chi connectivity index (χ3v) is 6.20. The molecule has 1 saturated heterocycles. The molecule has 2 amide bonds. The van der Waals surface area contributed by atoms with Crippen LogP contribution in [0.2, 0.25) is 0 Å². The van der Waals surface area contributed by atoms with E-state index in [0.717, 1.165) is 16.6 Å². The first-order valence-corrected chi connectivity index (χ1v) is 11.3. The second kappa shape index (κ2) is 9.90. The van der Waals surface area contributed by atoms with Gasteiger partial charge in [-0.25, -0.2) is 0 Å². The molecule has 1 aliphatic rings. The number of amides is 2. The van der Waals surface area contributed by atoms with E-state index in [1.807, 2.05) is 60.4 Å². The molecule has 0 bridgehead atoms. The zero-order chi connectivity index (χ0) is 23.4. The quantitative estimate of drug-likeness (QED) is 0.593. The maximum atomic E-state index is 13.2. The van der Waals surface area contributed by atoms with Gasteiger partial charge in [0.05, 0.1) is 23.9 Å². The molecule has 2 N–H and O–H groups in total. The number of likely N-dealkylation sites (tertiary alicyclic amines) is 1. The summed E-state index contributed by atoms with van der Waals surface area (Å²) >= 11 is 0. The Morgan fingerprint density at radius 1 is 1.09 bits per heavy atom. The Balaban J connectivity index is 1.47. The van der Waals surface area contributed by atoms with Crippen molar-refractivity contribution in [1.82, 2.24) is 9.88 Å². The van der Waals surface area contributed by atoms with Gasteiger partial charge in [0.25, 0.3) is 11.8 Å². The van der Waals surface area contributed by atoms with E-state index in [2.05, 4.69) is 0 Å². The predicted octanol–water partition coefficient (Wildman–Crippen LogP) is 3.91. The maximum absolute atomic E-state index is 13.2. The fourth-order valence-electron chi connectivity index (χ4n) is 4.39. The summed E-state index contributed by atoms with van der Waals surface area (Å²) in [5, 5.41) is 0.891. The monoisotopic (exact) mass is 447 g/mol. The van der Waals surface area contributed by atoms with Crippen LogP contribution < -0.4 is 15.2 Å². The summed E-state index contributed by atoms with van der Waals surface area (Å²) in [6.07, 6.45) is 1.39. The van der Waals surface area contributed by atoms with Crippen LogP contribution >= 0.6 is 0 Å². The minimum Gasteiger partial charge on any atom is -0.493 e. The Morgan fingerprint density at radius 2 is 1.76 bits per heavy atom. The molecular formula is C26H29N3O4. The SMILES string of the molecule is CCC(Oc1ccccc1OC)C(=O)N1CCC(c2nc3ccccc3cc2C(N)=O)CC1. The van der Waals surface area contributed by atoms with E-state index in [0.29, 0.717) is 49.4 Å². The van der Waals surface area contributed by atoms with E-state index in [-0.39, 0.29) is 11.8 Å². The standard InChI is InChI=1S/C26H29N3O4/c1-3-21(33-23-11-7-6-10-22(23)32-2)26(31)29-14-12-17(13-15-29)24-19(25(27)30)16-18-8-4-5-9-20(18)28-24/h4-11,16-17,21H,3,12-15H2,1-2H3,(H2,27,30). The highest BCUT2D eigenvalue weighted by Gasteiger charge is 2.31. The lowest BCUT2D eigenvalue weighted by Gasteiger charge is -2.34. The van der Waals surface area contributed by atoms with E-state index in [1.54, 1.807) is 13.2 Å². The van der Waals surface area contributed by atoms with Crippen molar-refractivity contribution in [3.8, 4) is 11.5 Å². The van der Waals surface area contributed by atoms with E-state index in [1.165, 1.54) is 0 Å². The smallest absolute Gasteiger partial charge is 0.263 e. The van der Waals surface area contributed by atoms with Crippen molar-refractivity contribution < 1.29 is 19.1 Å². The number of pyridine rings is 1. The van der Waals surface area contributed by atoms with E-state index >= 15 is 0 Å². The van der Waals surface area contributed by atoms with Gasteiger partial charge in [-0.15, -0.1) is 0 Å². The number of rotatable bonds is 7. The molecule has 1 aliphatic heterocycles. The maximum Gasteiger partial charge on any atom is 0.263 e. The lowest BCUT2D eigenvalue weighted by molar-refractivity contribution is -0.140. The average molecular weight is 448 g/mol. The number of nitrogens with two attached hydrogens (primary N) is 1. The Hall–Kier alpha value is -3.61.